The second-order valence-corrected chi connectivity index (χ2v) is 15.1. The zero-order chi connectivity index (χ0) is 25.4. The number of hydrogen-bond acceptors (Lipinski definition) is 4. The van der Waals surface area contributed by atoms with E-state index in [1.807, 2.05) is 0 Å². The Kier molecular flexibility index (Phi) is 6.19. The van der Waals surface area contributed by atoms with Crippen LogP contribution in [0.3, 0.4) is 0 Å². The number of aliphatic hydroxyl groups is 1. The van der Waals surface area contributed by atoms with E-state index in [1.54, 1.807) is 0 Å². The summed E-state index contributed by atoms with van der Waals surface area (Å²) in [6.45, 7) is 1.06. The summed E-state index contributed by atoms with van der Waals surface area (Å²) in [7, 11) is 0. The molecule has 8 aliphatic rings. The lowest BCUT2D eigenvalue weighted by Gasteiger charge is -2.60. The molecule has 11 atom stereocenters. The summed E-state index contributed by atoms with van der Waals surface area (Å²) in [4.78, 5) is 16.9. The molecule has 1 aliphatic heterocycles. The van der Waals surface area contributed by atoms with Gasteiger partial charge in [0.15, 0.2) is 0 Å². The molecule has 7 saturated carbocycles. The Balaban J connectivity index is 1.13. The molecule has 0 aromatic heterocycles. The second kappa shape index (κ2) is 9.21. The lowest BCUT2D eigenvalue weighted by Crippen LogP contribution is -2.67. The monoisotopic (exact) mass is 510 g/mol. The number of hydrogen-bond donors (Lipinski definition) is 4. The SMILES string of the molecule is N=C(N)C1CCC2CC(C(=O)NC34C[C@@H]5C[C@@H](CC(O)(C5)C3)C4)N(CC3CCCC4CCCCC43)C2C1. The highest BCUT2D eigenvalue weighted by molar-refractivity contribution is 5.83. The van der Waals surface area contributed by atoms with Crippen LogP contribution in [0.4, 0.5) is 0 Å². The van der Waals surface area contributed by atoms with Crippen LogP contribution in [0.1, 0.15) is 109 Å². The minimum absolute atomic E-state index is 0.0488. The van der Waals surface area contributed by atoms with Crippen molar-refractivity contribution >= 4 is 11.7 Å². The van der Waals surface area contributed by atoms with Crippen LogP contribution in [0, 0.1) is 46.8 Å². The van der Waals surface area contributed by atoms with Crippen molar-refractivity contribution in [3.05, 3.63) is 0 Å². The molecule has 6 nitrogen and oxygen atoms in total. The van der Waals surface area contributed by atoms with Gasteiger partial charge in [-0.3, -0.25) is 15.1 Å². The molecular weight excluding hydrogens is 460 g/mol. The highest BCUT2D eigenvalue weighted by Gasteiger charge is 2.59. The maximum absolute atomic E-state index is 14.2. The molecule has 0 aromatic rings. The van der Waals surface area contributed by atoms with Gasteiger partial charge in [-0.05, 0) is 113 Å². The number of nitrogens with two attached hydrogens (primary N) is 1. The van der Waals surface area contributed by atoms with Crippen LogP contribution in [0.5, 0.6) is 0 Å². The van der Waals surface area contributed by atoms with E-state index in [1.165, 1.54) is 51.4 Å². The third-order valence-electron chi connectivity index (χ3n) is 12.6. The molecule has 0 aromatic carbocycles. The van der Waals surface area contributed by atoms with Gasteiger partial charge in [0.1, 0.15) is 0 Å². The van der Waals surface area contributed by atoms with E-state index < -0.39 is 5.60 Å². The third-order valence-corrected chi connectivity index (χ3v) is 12.6. The number of likely N-dealkylation sites (tertiary alicyclic amines) is 1. The summed E-state index contributed by atoms with van der Waals surface area (Å²) < 4.78 is 0. The van der Waals surface area contributed by atoms with Crippen LogP contribution in [0.15, 0.2) is 0 Å². The van der Waals surface area contributed by atoms with Crippen LogP contribution < -0.4 is 11.1 Å². The maximum Gasteiger partial charge on any atom is 0.237 e. The third kappa shape index (κ3) is 4.46. The van der Waals surface area contributed by atoms with Crippen molar-refractivity contribution in [1.82, 2.24) is 10.2 Å². The maximum atomic E-state index is 14.2. The minimum Gasteiger partial charge on any atom is -0.390 e. The average Bonchev–Trinajstić information content (AvgIpc) is 3.20. The number of fused-ring (bicyclic) bond motifs is 2. The van der Waals surface area contributed by atoms with Crippen molar-refractivity contribution in [3.63, 3.8) is 0 Å². The number of rotatable bonds is 5. The molecule has 8 rings (SSSR count). The molecule has 7 aliphatic carbocycles. The second-order valence-electron chi connectivity index (χ2n) is 15.1. The molecule has 1 saturated heterocycles. The van der Waals surface area contributed by atoms with Gasteiger partial charge in [-0.1, -0.05) is 32.1 Å². The van der Waals surface area contributed by atoms with Gasteiger partial charge in [-0.2, -0.15) is 0 Å². The zero-order valence-electron chi connectivity index (χ0n) is 22.8. The topological polar surface area (TPSA) is 102 Å². The first-order valence-corrected chi connectivity index (χ1v) is 15.9. The van der Waals surface area contributed by atoms with Gasteiger partial charge in [0.05, 0.1) is 17.5 Å². The zero-order valence-corrected chi connectivity index (χ0v) is 22.8. The summed E-state index contributed by atoms with van der Waals surface area (Å²) in [5.74, 6) is 4.94. The lowest BCUT2D eigenvalue weighted by atomic mass is 9.51. The van der Waals surface area contributed by atoms with Gasteiger partial charge < -0.3 is 16.2 Å². The van der Waals surface area contributed by atoms with Crippen molar-refractivity contribution in [2.45, 2.75) is 132 Å². The number of carbonyl (C=O) groups excluding carboxylic acids is 1. The lowest BCUT2D eigenvalue weighted by molar-refractivity contribution is -0.153. The van der Waals surface area contributed by atoms with Crippen LogP contribution in [-0.4, -0.2) is 51.5 Å². The van der Waals surface area contributed by atoms with Gasteiger partial charge in [0, 0.05) is 24.0 Å². The van der Waals surface area contributed by atoms with Gasteiger partial charge in [-0.25, -0.2) is 0 Å². The summed E-state index contributed by atoms with van der Waals surface area (Å²) >= 11 is 0. The molecule has 6 heteroatoms. The van der Waals surface area contributed by atoms with E-state index >= 15 is 0 Å². The predicted molar refractivity (Wildman–Crippen MR) is 145 cm³/mol. The van der Waals surface area contributed by atoms with Crippen LogP contribution in [0.2, 0.25) is 0 Å². The Morgan fingerprint density at radius 1 is 0.919 bits per heavy atom. The number of nitrogens with zero attached hydrogens (tertiary/aromatic N) is 1. The Labute approximate surface area is 223 Å². The Bertz CT molecular complexity index is 905. The molecular formula is C31H50N4O2. The van der Waals surface area contributed by atoms with Gasteiger partial charge in [-0.15, -0.1) is 0 Å². The van der Waals surface area contributed by atoms with E-state index in [4.69, 9.17) is 11.1 Å². The first-order valence-electron chi connectivity index (χ1n) is 15.9. The molecule has 1 amide bonds. The van der Waals surface area contributed by atoms with Crippen LogP contribution >= 0.6 is 0 Å². The summed E-state index contributed by atoms with van der Waals surface area (Å²) in [5, 5.41) is 23.1. The fourth-order valence-electron chi connectivity index (χ4n) is 11.6. The Morgan fingerprint density at radius 2 is 1.68 bits per heavy atom. The Morgan fingerprint density at radius 3 is 2.43 bits per heavy atom. The number of amides is 1. The summed E-state index contributed by atoms with van der Waals surface area (Å²) in [6, 6.07) is 0.343. The van der Waals surface area contributed by atoms with Crippen molar-refractivity contribution in [3.8, 4) is 0 Å². The quantitative estimate of drug-likeness (QED) is 0.321. The molecule has 1 heterocycles. The predicted octanol–water partition coefficient (Wildman–Crippen LogP) is 4.59. The van der Waals surface area contributed by atoms with Gasteiger partial charge in [0.25, 0.3) is 0 Å². The van der Waals surface area contributed by atoms with E-state index in [0.717, 1.165) is 76.2 Å². The Hall–Kier alpha value is -1.14. The molecule has 37 heavy (non-hydrogen) atoms. The van der Waals surface area contributed by atoms with Crippen molar-refractivity contribution in [2.75, 3.05) is 6.54 Å². The van der Waals surface area contributed by atoms with Crippen LogP contribution in [-0.2, 0) is 4.79 Å². The number of carbonyl (C=O) groups is 1. The fourth-order valence-corrected chi connectivity index (χ4v) is 11.6. The van der Waals surface area contributed by atoms with Crippen LogP contribution in [0.25, 0.3) is 0 Å². The molecule has 9 unspecified atom stereocenters. The first kappa shape index (κ1) is 24.9. The average molecular weight is 511 g/mol. The molecule has 4 bridgehead atoms. The van der Waals surface area contributed by atoms with Crippen molar-refractivity contribution in [1.29, 1.82) is 5.41 Å². The number of nitrogens with one attached hydrogen (secondary N) is 2. The highest BCUT2D eigenvalue weighted by Crippen LogP contribution is 2.57. The molecule has 8 fully saturated rings. The smallest absolute Gasteiger partial charge is 0.237 e. The van der Waals surface area contributed by atoms with Crippen molar-refractivity contribution in [2.24, 2.45) is 47.2 Å². The highest BCUT2D eigenvalue weighted by atomic mass is 16.3. The molecule has 206 valence electrons. The van der Waals surface area contributed by atoms with E-state index in [2.05, 4.69) is 10.2 Å². The molecule has 0 radical (unpaired) electrons. The van der Waals surface area contributed by atoms with E-state index in [0.29, 0.717) is 35.5 Å². The van der Waals surface area contributed by atoms with E-state index in [-0.39, 0.29) is 23.4 Å². The fraction of sp³-hybridized carbons (Fsp3) is 0.935. The molecule has 0 spiro atoms. The summed E-state index contributed by atoms with van der Waals surface area (Å²) in [6.07, 6.45) is 19.7. The largest absolute Gasteiger partial charge is 0.390 e. The minimum atomic E-state index is -0.548. The first-order chi connectivity index (χ1) is 17.8. The standard InChI is InChI=1S/C31H50N4O2/c32-28(33)23-9-8-22-11-27(29(36)34-30-13-19-10-20(14-30)16-31(37,15-19)18-30)35(26(22)12-23)17-24-6-3-5-21-4-1-2-7-25(21)24/h19-27,37H,1-18H2,(H3,32,33)(H,34,36)/t19-,20+,21?,22?,23?,24?,25?,26?,27?,30?,31?. The van der Waals surface area contributed by atoms with Gasteiger partial charge in [0.2, 0.25) is 5.91 Å². The molecule has 5 N–H and O–H groups in total. The normalized spacial score (nSPS) is 50.9. The van der Waals surface area contributed by atoms with E-state index in [9.17, 15) is 9.90 Å². The van der Waals surface area contributed by atoms with Gasteiger partial charge >= 0.3 is 0 Å². The van der Waals surface area contributed by atoms with Crippen molar-refractivity contribution < 1.29 is 9.90 Å². The summed E-state index contributed by atoms with van der Waals surface area (Å²) in [5.41, 5.74) is 5.30. The number of amidine groups is 1.